The van der Waals surface area contributed by atoms with Gasteiger partial charge in [-0.15, -0.1) is 0 Å². The number of rotatable bonds is 9. The van der Waals surface area contributed by atoms with Gasteiger partial charge in [0.1, 0.15) is 0 Å². The summed E-state index contributed by atoms with van der Waals surface area (Å²) in [5, 5.41) is 17.8. The minimum absolute atomic E-state index is 0.0986. The Labute approximate surface area is 227 Å². The summed E-state index contributed by atoms with van der Waals surface area (Å²) in [5.41, 5.74) is 14.6. The monoisotopic (exact) mass is 521 g/mol. The first-order chi connectivity index (χ1) is 18.1. The number of aliphatic carboxylic acids is 2. The highest BCUT2D eigenvalue weighted by Gasteiger charge is 2.26. The average molecular weight is 522 g/mol. The summed E-state index contributed by atoms with van der Waals surface area (Å²) >= 11 is 0. The summed E-state index contributed by atoms with van der Waals surface area (Å²) in [6.07, 6.45) is 11.5. The molecule has 2 aromatic carbocycles. The van der Waals surface area contributed by atoms with E-state index in [0.717, 1.165) is 52.9 Å². The van der Waals surface area contributed by atoms with Gasteiger partial charge in [0.05, 0.1) is 13.1 Å². The molecule has 0 aromatic heterocycles. The fraction of sp³-hybridized carbons (Fsp3) is 0.355. The maximum absolute atomic E-state index is 8.89. The Morgan fingerprint density at radius 1 is 0.763 bits per heavy atom. The first kappa shape index (κ1) is 32.3. The van der Waals surface area contributed by atoms with Crippen LogP contribution in [0, 0.1) is 5.41 Å². The summed E-state index contributed by atoms with van der Waals surface area (Å²) < 4.78 is 0. The van der Waals surface area contributed by atoms with Crippen LogP contribution in [0.4, 0.5) is 5.69 Å². The molecule has 0 unspecified atom stereocenters. The molecule has 1 aliphatic rings. The van der Waals surface area contributed by atoms with Crippen LogP contribution in [-0.2, 0) is 9.59 Å². The van der Waals surface area contributed by atoms with Crippen molar-refractivity contribution in [1.29, 1.82) is 0 Å². The van der Waals surface area contributed by atoms with Gasteiger partial charge in [0.25, 0.3) is 0 Å². The lowest BCUT2D eigenvalue weighted by Gasteiger charge is -2.28. The Bertz CT molecular complexity index is 1040. The third-order valence-corrected chi connectivity index (χ3v) is 6.11. The Balaban J connectivity index is 0.000000794. The van der Waals surface area contributed by atoms with E-state index in [9.17, 15) is 0 Å². The molecular formula is C31H43N3O4. The van der Waals surface area contributed by atoms with Gasteiger partial charge in [-0.2, -0.15) is 0 Å². The maximum atomic E-state index is 8.89. The molecule has 0 saturated carbocycles. The summed E-state index contributed by atoms with van der Waals surface area (Å²) in [6, 6.07) is 19.7. The van der Waals surface area contributed by atoms with Crippen molar-refractivity contribution in [3.8, 4) is 0 Å². The van der Waals surface area contributed by atoms with E-state index in [1.54, 1.807) is 0 Å². The van der Waals surface area contributed by atoms with Crippen LogP contribution in [0.25, 0.3) is 5.57 Å². The van der Waals surface area contributed by atoms with Gasteiger partial charge in [-0.3, -0.25) is 0 Å². The zero-order valence-electron chi connectivity index (χ0n) is 23.2. The van der Waals surface area contributed by atoms with Crippen LogP contribution < -0.4 is 26.6 Å². The number of nitrogens with zero attached hydrogens (tertiary/aromatic N) is 1. The van der Waals surface area contributed by atoms with E-state index in [1.807, 2.05) is 0 Å². The van der Waals surface area contributed by atoms with Crippen molar-refractivity contribution in [2.45, 2.75) is 40.5 Å². The van der Waals surface area contributed by atoms with Gasteiger partial charge >= 0.3 is 0 Å². The van der Waals surface area contributed by atoms with Crippen LogP contribution in [0.3, 0.4) is 0 Å². The normalized spacial score (nSPS) is 12.9. The maximum Gasteiger partial charge on any atom is 0.0751 e. The highest BCUT2D eigenvalue weighted by Crippen LogP contribution is 2.37. The molecule has 0 fully saturated rings. The Morgan fingerprint density at radius 2 is 1.18 bits per heavy atom. The Kier molecular flexibility index (Phi) is 14.4. The molecular weight excluding hydrogens is 478 g/mol. The molecule has 206 valence electrons. The molecule has 0 aliphatic heterocycles. The summed E-state index contributed by atoms with van der Waals surface area (Å²) in [6.45, 7) is 10.3. The van der Waals surface area contributed by atoms with Crippen LogP contribution in [0.5, 0.6) is 0 Å². The van der Waals surface area contributed by atoms with Crippen LogP contribution in [0.2, 0.25) is 0 Å². The van der Waals surface area contributed by atoms with Gasteiger partial charge in [0.15, 0.2) is 0 Å². The molecule has 38 heavy (non-hydrogen) atoms. The lowest BCUT2D eigenvalue weighted by Crippen LogP contribution is -2.54. The van der Waals surface area contributed by atoms with Crippen LogP contribution >= 0.6 is 0 Å². The molecule has 0 radical (unpaired) electrons. The second-order valence-electron chi connectivity index (χ2n) is 9.01. The van der Waals surface area contributed by atoms with Crippen LogP contribution in [0.15, 0.2) is 84.5 Å². The first-order valence-electron chi connectivity index (χ1n) is 13.1. The average Bonchev–Trinajstić information content (AvgIpc) is 2.87. The molecule has 0 bridgehead atoms. The van der Waals surface area contributed by atoms with Crippen molar-refractivity contribution in [2.75, 3.05) is 31.1 Å². The van der Waals surface area contributed by atoms with Crippen LogP contribution in [0.1, 0.15) is 51.7 Å². The number of anilines is 1. The molecule has 1 aliphatic carbocycles. The third-order valence-electron chi connectivity index (χ3n) is 6.11. The molecule has 7 heteroatoms. The fourth-order valence-electron chi connectivity index (χ4n) is 4.44. The minimum atomic E-state index is -1.08. The van der Waals surface area contributed by atoms with E-state index in [0.29, 0.717) is 0 Å². The molecule has 3 rings (SSSR count). The number of allylic oxidation sites excluding steroid dienone is 5. The van der Waals surface area contributed by atoms with Crippen molar-refractivity contribution in [3.63, 3.8) is 0 Å². The van der Waals surface area contributed by atoms with E-state index in [4.69, 9.17) is 19.8 Å². The lowest BCUT2D eigenvalue weighted by atomic mass is 9.76. The molecule has 0 heterocycles. The smallest absolute Gasteiger partial charge is 0.0751 e. The van der Waals surface area contributed by atoms with Gasteiger partial charge in [-0.05, 0) is 62.1 Å². The number of hydrogen-bond acceptors (Lipinski definition) is 5. The van der Waals surface area contributed by atoms with Gasteiger partial charge in [0.2, 0.25) is 0 Å². The second kappa shape index (κ2) is 16.9. The highest BCUT2D eigenvalue weighted by molar-refractivity contribution is 5.86. The molecule has 0 saturated heterocycles. The number of carbonyl (C=O) groups is 2. The SMILES string of the molecule is CC(=O)[O-].CC(=O)[O-].CCN(CC)c1ccc(C(=C2C=CC(CC[NH3+])(CC[NH3+])C=C2)c2ccccc2)cc1. The number of carbonyl (C=O) groups excluding carboxylic acids is 2. The first-order valence-corrected chi connectivity index (χ1v) is 13.1. The molecule has 2 aromatic rings. The summed E-state index contributed by atoms with van der Waals surface area (Å²) in [4.78, 5) is 20.2. The number of quaternary nitrogens is 2. The zero-order chi connectivity index (χ0) is 28.6. The zero-order valence-corrected chi connectivity index (χ0v) is 23.2. The van der Waals surface area contributed by atoms with Gasteiger partial charge in [-0.25, -0.2) is 0 Å². The number of carboxylic acid groups (broad SMARTS) is 2. The van der Waals surface area contributed by atoms with Crippen LogP contribution in [-0.4, -0.2) is 38.1 Å². The summed E-state index contributed by atoms with van der Waals surface area (Å²) in [7, 11) is 0. The van der Waals surface area contributed by atoms with Crippen molar-refractivity contribution >= 4 is 23.2 Å². The van der Waals surface area contributed by atoms with E-state index < -0.39 is 11.9 Å². The topological polar surface area (TPSA) is 139 Å². The molecule has 0 spiro atoms. The summed E-state index contributed by atoms with van der Waals surface area (Å²) in [5.74, 6) is -2.17. The van der Waals surface area contributed by atoms with Crippen molar-refractivity contribution < 1.29 is 31.3 Å². The van der Waals surface area contributed by atoms with Crippen molar-refractivity contribution in [2.24, 2.45) is 5.41 Å². The Morgan fingerprint density at radius 3 is 1.58 bits per heavy atom. The van der Waals surface area contributed by atoms with Gasteiger partial charge in [-0.1, -0.05) is 66.8 Å². The number of carboxylic acids is 2. The molecule has 6 N–H and O–H groups in total. The standard InChI is InChI=1S/C27H35N3.2C2H4O2/c1-3-30(4-2)25-12-10-23(11-13-25)26(22-8-6-5-7-9-22)24-14-16-27(17-15-24,18-20-28)19-21-29;2*1-2(3)4/h5-17H,3-4,18-21,28-29H2,1-2H3;2*1H3,(H,3,4). The van der Waals surface area contributed by atoms with E-state index in [-0.39, 0.29) is 5.41 Å². The third kappa shape index (κ3) is 10.7. The van der Waals surface area contributed by atoms with E-state index >= 15 is 0 Å². The Hall–Kier alpha value is -3.68. The minimum Gasteiger partial charge on any atom is -0.550 e. The second-order valence-corrected chi connectivity index (χ2v) is 9.01. The molecule has 0 amide bonds. The lowest BCUT2D eigenvalue weighted by molar-refractivity contribution is -0.379. The predicted molar refractivity (Wildman–Crippen MR) is 149 cm³/mol. The largest absolute Gasteiger partial charge is 0.550 e. The van der Waals surface area contributed by atoms with Crippen molar-refractivity contribution in [3.05, 3.63) is 95.6 Å². The number of hydrogen-bond donors (Lipinski definition) is 2. The molecule has 0 atom stereocenters. The quantitative estimate of drug-likeness (QED) is 0.511. The number of benzene rings is 2. The van der Waals surface area contributed by atoms with E-state index in [2.05, 4.69) is 109 Å². The highest BCUT2D eigenvalue weighted by atomic mass is 16.4. The van der Waals surface area contributed by atoms with Gasteiger partial charge in [0, 0.05) is 49.0 Å². The fourth-order valence-corrected chi connectivity index (χ4v) is 4.44. The van der Waals surface area contributed by atoms with E-state index in [1.165, 1.54) is 28.0 Å². The van der Waals surface area contributed by atoms with Crippen molar-refractivity contribution in [1.82, 2.24) is 0 Å². The molecule has 7 nitrogen and oxygen atoms in total. The van der Waals surface area contributed by atoms with Gasteiger partial charge < -0.3 is 36.2 Å². The predicted octanol–water partition coefficient (Wildman–Crippen LogP) is 1.22.